The molecule has 0 radical (unpaired) electrons. The second-order valence-electron chi connectivity index (χ2n) is 19.0. The molecule has 4 aliphatic heterocycles. The third-order valence-electron chi connectivity index (χ3n) is 13.2. The largest absolute Gasteiger partial charge is 0.748 e. The molecule has 0 bridgehead atoms. The Hall–Kier alpha value is -4.34. The van der Waals surface area contributed by atoms with Crippen LogP contribution in [-0.2, 0) is 57.4 Å². The number of aliphatic hydroxyl groups is 2. The van der Waals surface area contributed by atoms with Gasteiger partial charge in [0.1, 0.15) is 54.3 Å². The number of nitrogens with two attached hydrogens (primary N) is 1. The van der Waals surface area contributed by atoms with Crippen LogP contribution >= 0.6 is 23.5 Å². The number of hydrogen-bond acceptors (Lipinski definition) is 21. The normalized spacial score (nSPS) is 23.6. The van der Waals surface area contributed by atoms with Crippen LogP contribution in [0.3, 0.4) is 0 Å². The lowest BCUT2D eigenvalue weighted by Crippen LogP contribution is -2.50. The number of phosphoric ester groups is 2. The Morgan fingerprint density at radius 2 is 1.72 bits per heavy atom. The Kier molecular flexibility index (Phi) is 16.9. The van der Waals surface area contributed by atoms with Crippen LogP contribution in [0.5, 0.6) is 11.5 Å². The molecule has 8 rings (SSSR count). The highest BCUT2D eigenvalue weighted by Crippen LogP contribution is 2.68. The summed E-state index contributed by atoms with van der Waals surface area (Å²) in [7, 11) is -21.3. The molecule has 1 saturated heterocycles. The topological polar surface area (TPSA) is 382 Å². The third-order valence-corrected chi connectivity index (χ3v) is 18.3. The maximum Gasteiger partial charge on any atom is 0.490 e. The highest BCUT2D eigenvalue weighted by atomic mass is 32.2. The predicted octanol–water partition coefficient (Wildman–Crippen LogP) is 2.68. The number of aryl methyl sites for hydroxylation is 1. The summed E-state index contributed by atoms with van der Waals surface area (Å²) in [6, 6.07) is 7.75. The molecular weight excluding hydrogens is 1060 g/mol. The predicted molar refractivity (Wildman–Crippen MR) is 262 cm³/mol. The molecule has 1 fully saturated rings. The van der Waals surface area contributed by atoms with Gasteiger partial charge in [-0.3, -0.25) is 18.4 Å². The van der Waals surface area contributed by atoms with Crippen molar-refractivity contribution in [1.82, 2.24) is 29.4 Å². The van der Waals surface area contributed by atoms with Gasteiger partial charge in [0.05, 0.1) is 35.7 Å². The summed E-state index contributed by atoms with van der Waals surface area (Å²) in [4.78, 5) is 62.0. The molecule has 0 spiro atoms. The molecule has 0 aliphatic carbocycles. The Balaban J connectivity index is 0.754. The van der Waals surface area contributed by atoms with Crippen molar-refractivity contribution in [1.29, 1.82) is 0 Å². The second-order valence-corrected chi connectivity index (χ2v) is 25.1. The lowest BCUT2D eigenvalue weighted by molar-refractivity contribution is -0.121. The van der Waals surface area contributed by atoms with Gasteiger partial charge >= 0.3 is 23.5 Å². The molecule has 74 heavy (non-hydrogen) atoms. The molecule has 0 saturated carbocycles. The van der Waals surface area contributed by atoms with Gasteiger partial charge in [-0.25, -0.2) is 46.6 Å². The maximum atomic E-state index is 12.9. The van der Waals surface area contributed by atoms with Crippen molar-refractivity contribution in [3.63, 3.8) is 0 Å². The van der Waals surface area contributed by atoms with Gasteiger partial charge < -0.3 is 54.9 Å². The van der Waals surface area contributed by atoms with Crippen molar-refractivity contribution in [2.24, 2.45) is 4.99 Å². The minimum Gasteiger partial charge on any atom is -0.748 e. The molecule has 4 unspecified atom stereocenters. The molecule has 2 aromatic carbocycles. The zero-order chi connectivity index (χ0) is 53.4. The van der Waals surface area contributed by atoms with Crippen LogP contribution < -0.4 is 36.0 Å². The number of carbonyl (C=O) groups excluding carboxylic acids is 1. The summed E-state index contributed by atoms with van der Waals surface area (Å²) in [5, 5.41) is 25.8. The number of aromatic nitrogens is 4. The Labute approximate surface area is 425 Å². The molecule has 4 aromatic rings. The van der Waals surface area contributed by atoms with Gasteiger partial charge in [0.2, 0.25) is 11.3 Å². The fourth-order valence-corrected chi connectivity index (χ4v) is 14.1. The first kappa shape index (κ1) is 55.9. The number of anilines is 2. The molecule has 4 aliphatic rings. The van der Waals surface area contributed by atoms with Crippen molar-refractivity contribution in [2.45, 2.75) is 115 Å². The number of hydrogen-bond donors (Lipinski definition) is 7. The number of aliphatic hydroxyl groups excluding tert-OH is 2. The van der Waals surface area contributed by atoms with E-state index in [9.17, 15) is 56.4 Å². The van der Waals surface area contributed by atoms with Crippen molar-refractivity contribution in [3.05, 3.63) is 58.8 Å². The van der Waals surface area contributed by atoms with E-state index in [4.69, 9.17) is 24.7 Å². The highest BCUT2D eigenvalue weighted by molar-refractivity contribution is 7.85. The van der Waals surface area contributed by atoms with Crippen LogP contribution in [0.15, 0.2) is 41.9 Å². The van der Waals surface area contributed by atoms with Crippen molar-refractivity contribution >= 4 is 67.8 Å². The number of nitrogens with one attached hydrogen (secondary N) is 1. The summed E-state index contributed by atoms with van der Waals surface area (Å²) >= 11 is 0. The van der Waals surface area contributed by atoms with E-state index < -0.39 is 88.5 Å². The zero-order valence-electron chi connectivity index (χ0n) is 40.7. The Bertz CT molecular complexity index is 3170. The van der Waals surface area contributed by atoms with Crippen molar-refractivity contribution in [2.75, 3.05) is 55.8 Å². The number of rotatable bonds is 23. The summed E-state index contributed by atoms with van der Waals surface area (Å²) in [6.07, 6.45) is 0.811. The van der Waals surface area contributed by atoms with E-state index in [-0.39, 0.29) is 35.7 Å². The number of nitrogen functional groups attached to an aromatic ring is 1. The lowest BCUT2D eigenvalue weighted by Gasteiger charge is -2.48. The average Bonchev–Trinajstić information content (AvgIpc) is 3.86. The van der Waals surface area contributed by atoms with Gasteiger partial charge in [0.15, 0.2) is 29.2 Å². The van der Waals surface area contributed by atoms with E-state index >= 15 is 0 Å². The molecule has 1 amide bonds. The number of ether oxygens (including phenoxy) is 2. The SMILES string of the molecule is CC[N+]1=c2cc3c(cc2CCC1)=Nc1cc2c(cc1O3)N(CCCC(=O)NCCCCCCOP(=O)(O)OP(=O)(O)OP(=O)(O)OC[C@H]1O[C@@H](n3cnc4c(N)ncnc43)[C@H](O)[C@@H]1O)C(C)(C)CC2CS(=O)(=O)[O-]. The van der Waals surface area contributed by atoms with Crippen LogP contribution in [0.2, 0.25) is 0 Å². The lowest BCUT2D eigenvalue weighted by atomic mass is 9.79. The van der Waals surface area contributed by atoms with E-state index in [1.54, 1.807) is 0 Å². The molecule has 8 N–H and O–H groups in total. The molecule has 31 heteroatoms. The Morgan fingerprint density at radius 3 is 2.46 bits per heavy atom. The zero-order valence-corrected chi connectivity index (χ0v) is 44.2. The number of phosphoric acid groups is 3. The average molecular weight is 1120 g/mol. The molecule has 8 atom stereocenters. The fraction of sp³-hybridized carbons (Fsp3) is 0.581. The van der Waals surface area contributed by atoms with Gasteiger partial charge in [-0.2, -0.15) is 8.62 Å². The number of amides is 1. The van der Waals surface area contributed by atoms with Crippen LogP contribution in [-0.4, -0.2) is 132 Å². The van der Waals surface area contributed by atoms with Crippen LogP contribution in [0, 0.1) is 0 Å². The van der Waals surface area contributed by atoms with Crippen molar-refractivity contribution in [3.8, 4) is 11.5 Å². The van der Waals surface area contributed by atoms with Gasteiger partial charge in [-0.1, -0.05) is 12.8 Å². The summed E-state index contributed by atoms with van der Waals surface area (Å²) in [6.45, 7) is 7.22. The van der Waals surface area contributed by atoms with Crippen LogP contribution in [0.4, 0.5) is 17.2 Å². The maximum absolute atomic E-state index is 12.9. The first-order valence-corrected chi connectivity index (χ1v) is 30.0. The molecule has 406 valence electrons. The van der Waals surface area contributed by atoms with Gasteiger partial charge in [0, 0.05) is 60.5 Å². The molecular formula is C43H60N9O18P3S. The summed E-state index contributed by atoms with van der Waals surface area (Å²) in [5.74, 6) is -0.198. The number of carbonyl (C=O) groups is 1. The number of nitrogens with zero attached hydrogens (tertiary/aromatic N) is 7. The fourth-order valence-electron chi connectivity index (χ4n) is 9.81. The minimum atomic E-state index is -5.81. The number of fused-ring (bicyclic) bond motifs is 5. The summed E-state index contributed by atoms with van der Waals surface area (Å²) < 4.78 is 107. The number of imidazole rings is 1. The molecule has 2 aromatic heterocycles. The number of benzene rings is 2. The third kappa shape index (κ3) is 13.2. The monoisotopic (exact) mass is 1120 g/mol. The van der Waals surface area contributed by atoms with E-state index in [1.165, 1.54) is 16.5 Å². The van der Waals surface area contributed by atoms with Crippen molar-refractivity contribution < 1.29 is 83.5 Å². The molecule has 6 heterocycles. The second kappa shape index (κ2) is 22.3. The standard InChI is InChI=1S/C43H60N9O18P3S/c1-4-50-14-9-11-26-17-29-33(19-31(26)50)67-34-20-32-28(18-30(34)49-29)27(23-74(62,63)64)21-43(2,3)52(32)15-10-12-36(53)45-13-7-5-6-8-16-65-71(56,57)69-73(60,61)70-72(58,59)66-22-35-38(54)39(55)42(68-35)51-25-48-37-40(44)46-24-47-41(37)51/h17-20,24-25,27,35,38-39,42,54-55H,4-16,21-23H2,1-3H3,(H6-,44,45,46,47,53,56,57,58,59,60,61,62,63,64)/t27?,35-,38-,39-,42-/m1/s1. The van der Waals surface area contributed by atoms with Crippen LogP contribution in [0.1, 0.15) is 95.4 Å². The van der Waals surface area contributed by atoms with E-state index in [2.05, 4.69) is 49.8 Å². The minimum absolute atomic E-state index is 0.0280. The van der Waals surface area contributed by atoms with Gasteiger partial charge in [0.25, 0.3) is 0 Å². The highest BCUT2D eigenvalue weighted by Gasteiger charge is 2.47. The molecule has 27 nitrogen and oxygen atoms in total. The summed E-state index contributed by atoms with van der Waals surface area (Å²) in [5.41, 5.74) is 8.62. The van der Waals surface area contributed by atoms with E-state index in [0.29, 0.717) is 79.0 Å². The Morgan fingerprint density at radius 1 is 0.973 bits per heavy atom. The smallest absolute Gasteiger partial charge is 0.490 e. The van der Waals surface area contributed by atoms with E-state index in [1.807, 2.05) is 38.1 Å². The number of unbranched alkanes of at least 4 members (excludes halogenated alkanes) is 3. The van der Waals surface area contributed by atoms with Gasteiger partial charge in [-0.05, 0) is 70.6 Å². The first-order valence-electron chi connectivity index (χ1n) is 23.9. The first-order chi connectivity index (χ1) is 34.8. The van der Waals surface area contributed by atoms with Crippen LogP contribution in [0.25, 0.3) is 11.2 Å². The van der Waals surface area contributed by atoms with E-state index in [0.717, 1.165) is 37.6 Å². The van der Waals surface area contributed by atoms with Gasteiger partial charge in [-0.15, -0.1) is 0 Å². The quantitative estimate of drug-likeness (QED) is 0.0214.